The molecule has 0 heterocycles. The normalized spacial score (nSPS) is 11.6. The van der Waals surface area contributed by atoms with E-state index in [1.54, 1.807) is 6.92 Å². The van der Waals surface area contributed by atoms with Crippen molar-refractivity contribution in [2.24, 2.45) is 5.41 Å². The van der Waals surface area contributed by atoms with Gasteiger partial charge in [-0.25, -0.2) is 0 Å². The summed E-state index contributed by atoms with van der Waals surface area (Å²) in [6.45, 7) is 6.17. The quantitative estimate of drug-likeness (QED) is 0.487. The number of carbonyl (C=O) groups excluding carboxylic acids is 1. The molecule has 0 saturated carbocycles. The number of hydrogen-bond donors (Lipinski definition) is 0. The minimum Gasteiger partial charge on any atom is -0.466 e. The first kappa shape index (κ1) is 13.6. The first-order valence-electron chi connectivity index (χ1n) is 5.13. The molecule has 3 nitrogen and oxygen atoms in total. The van der Waals surface area contributed by atoms with Crippen LogP contribution in [0.2, 0.25) is 0 Å². The highest BCUT2D eigenvalue weighted by Gasteiger charge is 2.35. The zero-order valence-corrected chi connectivity index (χ0v) is 10.1. The Morgan fingerprint density at radius 1 is 1.29 bits per heavy atom. The van der Waals surface area contributed by atoms with Crippen LogP contribution in [0.15, 0.2) is 0 Å². The molecule has 0 bridgehead atoms. The minimum atomic E-state index is -0.423. The van der Waals surface area contributed by atoms with Crippen LogP contribution in [-0.2, 0) is 14.1 Å². The molecule has 0 fully saturated rings. The van der Waals surface area contributed by atoms with Crippen molar-refractivity contribution in [3.8, 4) is 0 Å². The first-order valence-corrected chi connectivity index (χ1v) is 6.13. The van der Waals surface area contributed by atoms with E-state index < -0.39 is 5.41 Å². The Labute approximate surface area is 87.4 Å². The van der Waals surface area contributed by atoms with Crippen molar-refractivity contribution in [1.29, 1.82) is 0 Å². The van der Waals surface area contributed by atoms with Crippen LogP contribution in [0.1, 0.15) is 40.0 Å². The predicted octanol–water partition coefficient (Wildman–Crippen LogP) is 3.04. The van der Waals surface area contributed by atoms with Crippen molar-refractivity contribution in [1.82, 2.24) is 0 Å². The van der Waals surface area contributed by atoms with Crippen molar-refractivity contribution < 1.29 is 14.1 Å². The van der Waals surface area contributed by atoms with Gasteiger partial charge in [0.05, 0.1) is 12.0 Å². The number of rotatable bonds is 7. The molecule has 0 aliphatic heterocycles. The van der Waals surface area contributed by atoms with Gasteiger partial charge in [0.15, 0.2) is 8.46 Å². The molecule has 0 amide bonds. The number of ether oxygens (including phenoxy) is 1. The second kappa shape index (κ2) is 6.94. The van der Waals surface area contributed by atoms with Gasteiger partial charge in [-0.1, -0.05) is 13.8 Å². The summed E-state index contributed by atoms with van der Waals surface area (Å²) in [4.78, 5) is 11.7. The van der Waals surface area contributed by atoms with Crippen LogP contribution in [0.25, 0.3) is 0 Å². The molecule has 0 saturated heterocycles. The molecule has 82 valence electrons. The molecule has 0 radical (unpaired) electrons. The van der Waals surface area contributed by atoms with E-state index in [4.69, 9.17) is 4.74 Å². The fraction of sp³-hybridized carbons (Fsp3) is 0.900. The van der Waals surface area contributed by atoms with Crippen molar-refractivity contribution in [3.63, 3.8) is 0 Å². The van der Waals surface area contributed by atoms with Gasteiger partial charge in [0, 0.05) is 6.16 Å². The van der Waals surface area contributed by atoms with Crippen LogP contribution in [0.3, 0.4) is 0 Å². The van der Waals surface area contributed by atoms with Gasteiger partial charge < -0.3 is 4.74 Å². The zero-order chi connectivity index (χ0) is 11.0. The maximum atomic E-state index is 11.7. The summed E-state index contributed by atoms with van der Waals surface area (Å²) in [5, 5.41) is 0. The topological polar surface area (TPSA) is 43.4 Å². The fourth-order valence-corrected chi connectivity index (χ4v) is 2.06. The van der Waals surface area contributed by atoms with Gasteiger partial charge in [-0.05, 0) is 26.2 Å². The molecule has 0 unspecified atom stereocenters. The Morgan fingerprint density at radius 2 is 1.86 bits per heavy atom. The Hall–Kier alpha value is -0.430. The zero-order valence-electron chi connectivity index (χ0n) is 9.21. The molecule has 0 spiro atoms. The van der Waals surface area contributed by atoms with E-state index >= 15 is 0 Å². The van der Waals surface area contributed by atoms with Crippen LogP contribution < -0.4 is 0 Å². The first-order chi connectivity index (χ1) is 6.66. The number of carbonyl (C=O) groups is 1. The van der Waals surface area contributed by atoms with E-state index in [1.165, 1.54) is 0 Å². The third kappa shape index (κ3) is 3.38. The highest BCUT2D eigenvalue weighted by molar-refractivity contribution is 7.23. The smallest absolute Gasteiger partial charge is 0.312 e. The average Bonchev–Trinajstić information content (AvgIpc) is 2.21. The molecule has 4 heteroatoms. The molecular weight excluding hydrogens is 199 g/mol. The SMILES string of the molecule is CCOC(=O)C(CC)(CC)CCP=O. The minimum absolute atomic E-state index is 0.106. The maximum absolute atomic E-state index is 11.7. The highest BCUT2D eigenvalue weighted by atomic mass is 31.1. The molecular formula is C10H19O3P. The van der Waals surface area contributed by atoms with E-state index in [2.05, 4.69) is 0 Å². The van der Waals surface area contributed by atoms with Gasteiger partial charge in [-0.15, -0.1) is 0 Å². The maximum Gasteiger partial charge on any atom is 0.312 e. The van der Waals surface area contributed by atoms with Crippen molar-refractivity contribution in [2.75, 3.05) is 12.8 Å². The lowest BCUT2D eigenvalue weighted by atomic mass is 9.80. The largest absolute Gasteiger partial charge is 0.466 e. The molecule has 0 rings (SSSR count). The van der Waals surface area contributed by atoms with Crippen LogP contribution in [0.4, 0.5) is 0 Å². The summed E-state index contributed by atoms with van der Waals surface area (Å²) in [5.41, 5.74) is -0.423. The van der Waals surface area contributed by atoms with Crippen LogP contribution in [0.5, 0.6) is 0 Å². The van der Waals surface area contributed by atoms with Gasteiger partial charge >= 0.3 is 5.97 Å². The van der Waals surface area contributed by atoms with E-state index in [-0.39, 0.29) is 14.4 Å². The van der Waals surface area contributed by atoms with Crippen LogP contribution in [0, 0.1) is 5.41 Å². The lowest BCUT2D eigenvalue weighted by molar-refractivity contribution is -0.156. The highest BCUT2D eigenvalue weighted by Crippen LogP contribution is 2.33. The summed E-state index contributed by atoms with van der Waals surface area (Å²) < 4.78 is 15.5. The Kier molecular flexibility index (Phi) is 6.73. The summed E-state index contributed by atoms with van der Waals surface area (Å²) >= 11 is 0. The predicted molar refractivity (Wildman–Crippen MR) is 56.7 cm³/mol. The Balaban J connectivity index is 4.49. The molecule has 0 atom stereocenters. The molecule has 0 aromatic rings. The standard InChI is InChI=1S/C10H19O3P/c1-4-10(5-2,7-8-14-12)9(11)13-6-3/h4-8H2,1-3H3. The Morgan fingerprint density at radius 3 is 2.21 bits per heavy atom. The van der Waals surface area contributed by atoms with Crippen LogP contribution in [-0.4, -0.2) is 18.7 Å². The second-order valence-corrected chi connectivity index (χ2v) is 4.02. The molecule has 0 aromatic heterocycles. The van der Waals surface area contributed by atoms with Crippen molar-refractivity contribution in [2.45, 2.75) is 40.0 Å². The van der Waals surface area contributed by atoms with Crippen molar-refractivity contribution in [3.05, 3.63) is 0 Å². The van der Waals surface area contributed by atoms with Gasteiger partial charge in [0.1, 0.15) is 0 Å². The second-order valence-electron chi connectivity index (χ2n) is 3.31. The fourth-order valence-electron chi connectivity index (χ4n) is 1.54. The van der Waals surface area contributed by atoms with E-state index in [9.17, 15) is 9.36 Å². The third-order valence-electron chi connectivity index (χ3n) is 2.74. The summed E-state index contributed by atoms with van der Waals surface area (Å²) in [5.74, 6) is -0.145. The Bertz CT molecular complexity index is 188. The summed E-state index contributed by atoms with van der Waals surface area (Å²) in [7, 11) is 0.106. The van der Waals surface area contributed by atoms with E-state index in [0.717, 1.165) is 12.8 Å². The van der Waals surface area contributed by atoms with E-state index in [1.807, 2.05) is 13.8 Å². The molecule has 0 aliphatic rings. The van der Waals surface area contributed by atoms with Gasteiger partial charge in [0.2, 0.25) is 0 Å². The average molecular weight is 218 g/mol. The molecule has 0 N–H and O–H groups in total. The third-order valence-corrected chi connectivity index (χ3v) is 3.15. The molecule has 14 heavy (non-hydrogen) atoms. The molecule has 0 aliphatic carbocycles. The lowest BCUT2D eigenvalue weighted by Crippen LogP contribution is -2.32. The number of esters is 1. The number of hydrogen-bond acceptors (Lipinski definition) is 3. The lowest BCUT2D eigenvalue weighted by Gasteiger charge is -2.28. The van der Waals surface area contributed by atoms with E-state index in [0.29, 0.717) is 19.2 Å². The van der Waals surface area contributed by atoms with Gasteiger partial charge in [-0.2, -0.15) is 0 Å². The van der Waals surface area contributed by atoms with Gasteiger partial charge in [0.25, 0.3) is 0 Å². The van der Waals surface area contributed by atoms with Crippen molar-refractivity contribution >= 4 is 14.4 Å². The monoisotopic (exact) mass is 218 g/mol. The van der Waals surface area contributed by atoms with Crippen LogP contribution >= 0.6 is 8.46 Å². The van der Waals surface area contributed by atoms with Gasteiger partial charge in [-0.3, -0.25) is 9.36 Å². The summed E-state index contributed by atoms with van der Waals surface area (Å²) in [6, 6.07) is 0. The molecule has 0 aromatic carbocycles. The summed E-state index contributed by atoms with van der Waals surface area (Å²) in [6.07, 6.45) is 2.67.